The van der Waals surface area contributed by atoms with E-state index in [9.17, 15) is 14.4 Å². The summed E-state index contributed by atoms with van der Waals surface area (Å²) in [6, 6.07) is 6.12. The Morgan fingerprint density at radius 1 is 1.36 bits per heavy atom. The van der Waals surface area contributed by atoms with Crippen LogP contribution < -0.4 is 16.4 Å². The van der Waals surface area contributed by atoms with Gasteiger partial charge in [0.05, 0.1) is 12.5 Å². The summed E-state index contributed by atoms with van der Waals surface area (Å²) in [5.41, 5.74) is 7.83. The minimum atomic E-state index is -0.825. The first-order valence-electron chi connectivity index (χ1n) is 6.99. The van der Waals surface area contributed by atoms with Gasteiger partial charge in [0.25, 0.3) is 0 Å². The number of benzene rings is 1. The molecule has 1 unspecified atom stereocenters. The molecule has 1 aliphatic rings. The van der Waals surface area contributed by atoms with E-state index < -0.39 is 23.9 Å². The third-order valence-corrected chi connectivity index (χ3v) is 3.74. The lowest BCUT2D eigenvalue weighted by atomic mass is 10.0. The van der Waals surface area contributed by atoms with Crippen molar-refractivity contribution in [1.82, 2.24) is 15.6 Å². The van der Waals surface area contributed by atoms with Gasteiger partial charge >= 0.3 is 0 Å². The van der Waals surface area contributed by atoms with Crippen LogP contribution >= 0.6 is 0 Å². The number of imide groups is 1. The predicted molar refractivity (Wildman–Crippen MR) is 79.7 cm³/mol. The van der Waals surface area contributed by atoms with Crippen molar-refractivity contribution in [2.45, 2.75) is 24.9 Å². The number of amides is 3. The van der Waals surface area contributed by atoms with Crippen molar-refractivity contribution in [3.63, 3.8) is 0 Å². The van der Waals surface area contributed by atoms with E-state index in [-0.39, 0.29) is 12.3 Å². The molecular formula is C15H16N4O3. The number of H-pyrrole nitrogens is 1. The summed E-state index contributed by atoms with van der Waals surface area (Å²) in [5, 5.41) is 5.67. The molecule has 2 heterocycles. The summed E-state index contributed by atoms with van der Waals surface area (Å²) < 4.78 is 0. The molecule has 7 heteroatoms. The summed E-state index contributed by atoms with van der Waals surface area (Å²) >= 11 is 0. The quantitative estimate of drug-likeness (QED) is 0.573. The summed E-state index contributed by atoms with van der Waals surface area (Å²) in [5.74, 6) is -1.32. The molecule has 1 aromatic heterocycles. The Morgan fingerprint density at radius 3 is 2.86 bits per heavy atom. The third-order valence-electron chi connectivity index (χ3n) is 3.74. The molecule has 5 N–H and O–H groups in total. The number of hydrogen-bond acceptors (Lipinski definition) is 4. The summed E-state index contributed by atoms with van der Waals surface area (Å²) in [7, 11) is 0. The second-order valence-corrected chi connectivity index (χ2v) is 5.35. The van der Waals surface area contributed by atoms with E-state index in [0.29, 0.717) is 6.42 Å². The molecule has 7 nitrogen and oxygen atoms in total. The highest BCUT2D eigenvalue weighted by Crippen LogP contribution is 2.18. The molecule has 3 amide bonds. The van der Waals surface area contributed by atoms with Gasteiger partial charge in [0.2, 0.25) is 17.7 Å². The molecule has 0 bridgehead atoms. The van der Waals surface area contributed by atoms with Gasteiger partial charge in [-0.1, -0.05) is 18.2 Å². The fourth-order valence-electron chi connectivity index (χ4n) is 2.58. The van der Waals surface area contributed by atoms with Gasteiger partial charge in [-0.2, -0.15) is 0 Å². The van der Waals surface area contributed by atoms with Gasteiger partial charge in [0.15, 0.2) is 0 Å². The molecule has 1 aromatic carbocycles. The number of aromatic nitrogens is 1. The molecule has 114 valence electrons. The molecule has 2 aromatic rings. The second-order valence-electron chi connectivity index (χ2n) is 5.35. The second kappa shape index (κ2) is 5.61. The summed E-state index contributed by atoms with van der Waals surface area (Å²) in [6.07, 6.45) is 2.13. The lowest BCUT2D eigenvalue weighted by molar-refractivity contribution is -0.128. The maximum atomic E-state index is 12.1. The van der Waals surface area contributed by atoms with E-state index in [2.05, 4.69) is 15.6 Å². The van der Waals surface area contributed by atoms with E-state index in [1.165, 1.54) is 0 Å². The molecule has 0 spiro atoms. The van der Waals surface area contributed by atoms with Crippen molar-refractivity contribution >= 4 is 28.6 Å². The van der Waals surface area contributed by atoms with Crippen molar-refractivity contribution in [2.24, 2.45) is 5.73 Å². The lowest BCUT2D eigenvalue weighted by Gasteiger charge is -2.14. The highest BCUT2D eigenvalue weighted by Gasteiger charge is 2.32. The normalized spacial score (nSPS) is 19.2. The minimum Gasteiger partial charge on any atom is -0.361 e. The third kappa shape index (κ3) is 2.71. The standard InChI is InChI=1S/C15H16N4O3/c16-10(14(21)18-12-6-13(20)19-15(12)22)5-8-7-17-11-4-2-1-3-9(8)11/h1-4,7,10,12,17H,5-6,16H2,(H,18,21)(H,19,20,22)/t10-,12?/m1/s1. The van der Waals surface area contributed by atoms with Crippen molar-refractivity contribution in [3.8, 4) is 0 Å². The Balaban J connectivity index is 1.66. The Hall–Kier alpha value is -2.67. The first kappa shape index (κ1) is 14.3. The van der Waals surface area contributed by atoms with Crippen LogP contribution in [0.5, 0.6) is 0 Å². The summed E-state index contributed by atoms with van der Waals surface area (Å²) in [6.45, 7) is 0. The largest absolute Gasteiger partial charge is 0.361 e. The molecule has 2 atom stereocenters. The van der Waals surface area contributed by atoms with E-state index in [0.717, 1.165) is 16.5 Å². The number of rotatable bonds is 4. The van der Waals surface area contributed by atoms with E-state index in [1.54, 1.807) is 0 Å². The van der Waals surface area contributed by atoms with Crippen molar-refractivity contribution in [1.29, 1.82) is 0 Å². The SMILES string of the molecule is N[C@H](Cc1c[nH]c2ccccc12)C(=O)NC1CC(=O)NC1=O. The molecule has 0 aliphatic carbocycles. The van der Waals surface area contributed by atoms with Gasteiger partial charge in [-0.25, -0.2) is 0 Å². The van der Waals surface area contributed by atoms with Crippen LogP contribution in [0.1, 0.15) is 12.0 Å². The molecule has 1 saturated heterocycles. The monoisotopic (exact) mass is 300 g/mol. The topological polar surface area (TPSA) is 117 Å². The lowest BCUT2D eigenvalue weighted by Crippen LogP contribution is -2.48. The van der Waals surface area contributed by atoms with Crippen LogP contribution in [-0.4, -0.2) is 34.8 Å². The number of hydrogen-bond donors (Lipinski definition) is 4. The number of nitrogens with two attached hydrogens (primary N) is 1. The predicted octanol–water partition coefficient (Wildman–Crippen LogP) is -0.431. The molecule has 0 radical (unpaired) electrons. The van der Waals surface area contributed by atoms with Crippen molar-refractivity contribution in [2.75, 3.05) is 0 Å². The Morgan fingerprint density at radius 2 is 2.14 bits per heavy atom. The van der Waals surface area contributed by atoms with Crippen LogP contribution in [0.4, 0.5) is 0 Å². The fourth-order valence-corrected chi connectivity index (χ4v) is 2.58. The zero-order chi connectivity index (χ0) is 15.7. The first-order valence-corrected chi connectivity index (χ1v) is 6.99. The van der Waals surface area contributed by atoms with Gasteiger partial charge in [0, 0.05) is 17.1 Å². The van der Waals surface area contributed by atoms with Crippen LogP contribution in [0.3, 0.4) is 0 Å². The number of nitrogens with one attached hydrogen (secondary N) is 3. The highest BCUT2D eigenvalue weighted by molar-refractivity contribution is 6.07. The first-order chi connectivity index (χ1) is 10.5. The fraction of sp³-hybridized carbons (Fsp3) is 0.267. The highest BCUT2D eigenvalue weighted by atomic mass is 16.2. The van der Waals surface area contributed by atoms with Crippen LogP contribution in [0, 0.1) is 0 Å². The molecule has 1 fully saturated rings. The number of fused-ring (bicyclic) bond motifs is 1. The van der Waals surface area contributed by atoms with Gasteiger partial charge in [-0.05, 0) is 18.1 Å². The van der Waals surface area contributed by atoms with E-state index in [1.807, 2.05) is 30.5 Å². The summed E-state index contributed by atoms with van der Waals surface area (Å²) in [4.78, 5) is 37.7. The Kier molecular flexibility index (Phi) is 3.64. The number of para-hydroxylation sites is 1. The molecular weight excluding hydrogens is 284 g/mol. The average Bonchev–Trinajstić information content (AvgIpc) is 3.03. The van der Waals surface area contributed by atoms with Crippen molar-refractivity contribution in [3.05, 3.63) is 36.0 Å². The van der Waals surface area contributed by atoms with Crippen LogP contribution in [0.25, 0.3) is 10.9 Å². The molecule has 0 saturated carbocycles. The Labute approximate surface area is 126 Å². The number of carbonyl (C=O) groups excluding carboxylic acids is 3. The zero-order valence-electron chi connectivity index (χ0n) is 11.8. The maximum absolute atomic E-state index is 12.1. The van der Waals surface area contributed by atoms with E-state index in [4.69, 9.17) is 5.73 Å². The number of aromatic amines is 1. The zero-order valence-corrected chi connectivity index (χ0v) is 11.8. The van der Waals surface area contributed by atoms with Crippen LogP contribution in [0.2, 0.25) is 0 Å². The smallest absolute Gasteiger partial charge is 0.249 e. The van der Waals surface area contributed by atoms with Gasteiger partial charge in [0.1, 0.15) is 6.04 Å². The number of carbonyl (C=O) groups is 3. The van der Waals surface area contributed by atoms with Crippen LogP contribution in [-0.2, 0) is 20.8 Å². The molecule has 1 aliphatic heterocycles. The van der Waals surface area contributed by atoms with Crippen LogP contribution in [0.15, 0.2) is 30.5 Å². The molecule has 3 rings (SSSR count). The van der Waals surface area contributed by atoms with Gasteiger partial charge < -0.3 is 16.0 Å². The minimum absolute atomic E-state index is 0.0373. The van der Waals surface area contributed by atoms with Gasteiger partial charge in [-0.15, -0.1) is 0 Å². The molecule has 22 heavy (non-hydrogen) atoms. The van der Waals surface area contributed by atoms with Gasteiger partial charge in [-0.3, -0.25) is 19.7 Å². The van der Waals surface area contributed by atoms with E-state index >= 15 is 0 Å². The average molecular weight is 300 g/mol. The Bertz CT molecular complexity index is 752. The van der Waals surface area contributed by atoms with Crippen molar-refractivity contribution < 1.29 is 14.4 Å². The maximum Gasteiger partial charge on any atom is 0.249 e.